The lowest BCUT2D eigenvalue weighted by atomic mass is 9.46. The van der Waals surface area contributed by atoms with Crippen LogP contribution < -0.4 is 0 Å². The second kappa shape index (κ2) is 12.1. The Morgan fingerprint density at radius 2 is 1.59 bits per heavy atom. The summed E-state index contributed by atoms with van der Waals surface area (Å²) in [5.74, 6) is 5.36. The van der Waals surface area contributed by atoms with Crippen molar-refractivity contribution in [3.8, 4) is 0 Å². The number of aliphatic hydroxyl groups is 4. The smallest absolute Gasteiger partial charge is 0.186 e. The summed E-state index contributed by atoms with van der Waals surface area (Å²) in [5.41, 5.74) is 2.46. The van der Waals surface area contributed by atoms with Crippen LogP contribution in [-0.2, 0) is 9.47 Å². The molecule has 0 radical (unpaired) electrons. The van der Waals surface area contributed by atoms with Crippen LogP contribution in [0.3, 0.4) is 0 Å². The average Bonchev–Trinajstić information content (AvgIpc) is 3.30. The molecule has 0 aromatic heterocycles. The first-order chi connectivity index (χ1) is 19.3. The fourth-order valence-electron chi connectivity index (χ4n) is 10.5. The molecule has 4 fully saturated rings. The summed E-state index contributed by atoms with van der Waals surface area (Å²) in [5, 5.41) is 40.6. The number of hydrogen-bond acceptors (Lipinski definition) is 6. The van der Waals surface area contributed by atoms with Crippen molar-refractivity contribution < 1.29 is 29.9 Å². The highest BCUT2D eigenvalue weighted by Gasteiger charge is 2.59. The minimum Gasteiger partial charge on any atom is -0.394 e. The fourth-order valence-corrected chi connectivity index (χ4v) is 10.5. The van der Waals surface area contributed by atoms with Gasteiger partial charge >= 0.3 is 0 Å². The van der Waals surface area contributed by atoms with Crippen LogP contribution in [0.4, 0.5) is 0 Å². The van der Waals surface area contributed by atoms with Gasteiger partial charge in [-0.2, -0.15) is 0 Å². The SMILES string of the molecule is CC(C)[C@@H](C)CC[C@@H](C)[C@H]1CC[C@H]2C3=CC[C@H]4[C@@H](C)[C@H](O[C@@H]5O[C@H](CO)[C@@H](O)[C@H](O)[C@H]5O)CC[C@]4(C)[C@H]3CC[C@]12C. The molecule has 1 heterocycles. The Morgan fingerprint density at radius 1 is 0.902 bits per heavy atom. The van der Waals surface area contributed by atoms with E-state index < -0.39 is 37.3 Å². The number of hydrogen-bond donors (Lipinski definition) is 4. The van der Waals surface area contributed by atoms with Gasteiger partial charge in [0.05, 0.1) is 12.7 Å². The highest BCUT2D eigenvalue weighted by molar-refractivity contribution is 5.28. The fraction of sp³-hybridized carbons (Fsp3) is 0.943. The number of rotatable bonds is 8. The normalized spacial score (nSPS) is 49.6. The summed E-state index contributed by atoms with van der Waals surface area (Å²) < 4.78 is 12.1. The van der Waals surface area contributed by atoms with Crippen molar-refractivity contribution in [3.63, 3.8) is 0 Å². The number of ether oxygens (including phenoxy) is 2. The van der Waals surface area contributed by atoms with Gasteiger partial charge in [0.15, 0.2) is 6.29 Å². The van der Waals surface area contributed by atoms with Gasteiger partial charge in [0, 0.05) is 0 Å². The van der Waals surface area contributed by atoms with Crippen molar-refractivity contribution in [2.75, 3.05) is 6.61 Å². The van der Waals surface area contributed by atoms with Crippen LogP contribution >= 0.6 is 0 Å². The van der Waals surface area contributed by atoms with E-state index >= 15 is 0 Å². The van der Waals surface area contributed by atoms with Crippen LogP contribution in [0, 0.1) is 58.2 Å². The zero-order valence-electron chi connectivity index (χ0n) is 26.8. The topological polar surface area (TPSA) is 99.4 Å². The second-order valence-corrected chi connectivity index (χ2v) is 15.9. The Hall–Kier alpha value is -0.500. The van der Waals surface area contributed by atoms with Crippen LogP contribution in [0.5, 0.6) is 0 Å². The van der Waals surface area contributed by atoms with E-state index in [1.807, 2.05) is 0 Å². The van der Waals surface area contributed by atoms with Crippen molar-refractivity contribution in [3.05, 3.63) is 11.6 Å². The molecular formula is C35H60O6. The number of aliphatic hydroxyl groups excluding tert-OH is 4. The van der Waals surface area contributed by atoms with Gasteiger partial charge in [-0.3, -0.25) is 0 Å². The van der Waals surface area contributed by atoms with Gasteiger partial charge in [-0.05, 0) is 103 Å². The molecule has 0 spiro atoms. The molecule has 41 heavy (non-hydrogen) atoms. The molecule has 0 unspecified atom stereocenters. The third kappa shape index (κ3) is 5.50. The zero-order chi connectivity index (χ0) is 29.9. The summed E-state index contributed by atoms with van der Waals surface area (Å²) >= 11 is 0. The van der Waals surface area contributed by atoms with E-state index in [2.05, 4.69) is 54.5 Å². The summed E-state index contributed by atoms with van der Waals surface area (Å²) in [7, 11) is 0. The maximum Gasteiger partial charge on any atom is 0.186 e. The van der Waals surface area contributed by atoms with E-state index in [0.29, 0.717) is 17.3 Å². The van der Waals surface area contributed by atoms with E-state index in [1.54, 1.807) is 5.57 Å². The van der Waals surface area contributed by atoms with Crippen LogP contribution in [0.25, 0.3) is 0 Å². The van der Waals surface area contributed by atoms with E-state index in [4.69, 9.17) is 9.47 Å². The van der Waals surface area contributed by atoms with Gasteiger partial charge in [-0.25, -0.2) is 0 Å². The summed E-state index contributed by atoms with van der Waals surface area (Å²) in [4.78, 5) is 0. The van der Waals surface area contributed by atoms with Gasteiger partial charge in [-0.15, -0.1) is 0 Å². The molecule has 4 N–H and O–H groups in total. The van der Waals surface area contributed by atoms with Crippen molar-refractivity contribution in [1.29, 1.82) is 0 Å². The Balaban J connectivity index is 1.27. The van der Waals surface area contributed by atoms with Crippen molar-refractivity contribution in [2.24, 2.45) is 58.2 Å². The minimum absolute atomic E-state index is 0.0942. The molecule has 0 aromatic rings. The Morgan fingerprint density at radius 3 is 2.27 bits per heavy atom. The van der Waals surface area contributed by atoms with Crippen molar-refractivity contribution in [2.45, 2.75) is 143 Å². The monoisotopic (exact) mass is 576 g/mol. The maximum atomic E-state index is 10.6. The highest BCUT2D eigenvalue weighted by atomic mass is 16.7. The lowest BCUT2D eigenvalue weighted by Crippen LogP contribution is -2.60. The first kappa shape index (κ1) is 31.9. The molecule has 6 nitrogen and oxygen atoms in total. The first-order valence-corrected chi connectivity index (χ1v) is 17.0. The van der Waals surface area contributed by atoms with E-state index in [1.165, 1.54) is 38.5 Å². The molecule has 0 amide bonds. The molecule has 0 aromatic carbocycles. The molecule has 5 aliphatic rings. The Bertz CT molecular complexity index is 934. The van der Waals surface area contributed by atoms with E-state index in [-0.39, 0.29) is 17.4 Å². The summed E-state index contributed by atoms with van der Waals surface area (Å²) in [6, 6.07) is 0. The van der Waals surface area contributed by atoms with Gasteiger partial charge in [0.1, 0.15) is 24.4 Å². The molecule has 6 heteroatoms. The Kier molecular flexibility index (Phi) is 9.43. The number of fused-ring (bicyclic) bond motifs is 5. The largest absolute Gasteiger partial charge is 0.394 e. The summed E-state index contributed by atoms with van der Waals surface area (Å²) in [6.45, 7) is 16.7. The quantitative estimate of drug-likeness (QED) is 0.277. The molecule has 236 valence electrons. The standard InChI is InChI=1S/C35H60O6/c1-19(2)20(3)8-9-21(4)24-12-13-26-23-10-11-25-22(5)28(15-17-35(25,7)27(23)14-16-34(24,26)6)40-33-32(39)31(38)30(37)29(18-36)41-33/h10,19-22,24-33,36-39H,8-9,11-18H2,1-7H3/t20-,21+,22+,24+,25-,26-,27-,28+,29+,30+,31-,32+,33+,34+,35-/m0/s1. The molecule has 15 atom stereocenters. The lowest BCUT2D eigenvalue weighted by Gasteiger charge is -2.60. The third-order valence-electron chi connectivity index (χ3n) is 13.7. The highest BCUT2D eigenvalue weighted by Crippen LogP contribution is 2.67. The summed E-state index contributed by atoms with van der Waals surface area (Å²) in [6.07, 6.45) is 7.61. The lowest BCUT2D eigenvalue weighted by molar-refractivity contribution is -0.320. The van der Waals surface area contributed by atoms with Gasteiger partial charge in [0.25, 0.3) is 0 Å². The van der Waals surface area contributed by atoms with Crippen LogP contribution in [-0.4, -0.2) is 63.8 Å². The molecular weight excluding hydrogens is 516 g/mol. The van der Waals surface area contributed by atoms with Crippen molar-refractivity contribution >= 4 is 0 Å². The number of allylic oxidation sites excluding steroid dienone is 2. The maximum absolute atomic E-state index is 10.6. The second-order valence-electron chi connectivity index (χ2n) is 15.9. The molecule has 5 rings (SSSR count). The molecule has 1 saturated heterocycles. The van der Waals surface area contributed by atoms with Crippen LogP contribution in [0.2, 0.25) is 0 Å². The van der Waals surface area contributed by atoms with E-state index in [9.17, 15) is 20.4 Å². The average molecular weight is 577 g/mol. The van der Waals surface area contributed by atoms with Gasteiger partial charge in [-0.1, -0.05) is 73.0 Å². The first-order valence-electron chi connectivity index (χ1n) is 17.0. The predicted molar refractivity (Wildman–Crippen MR) is 161 cm³/mol. The van der Waals surface area contributed by atoms with Crippen LogP contribution in [0.1, 0.15) is 106 Å². The van der Waals surface area contributed by atoms with E-state index in [0.717, 1.165) is 48.9 Å². The predicted octanol–water partition coefficient (Wildman–Crippen LogP) is 5.70. The third-order valence-corrected chi connectivity index (χ3v) is 13.7. The Labute approximate surface area is 249 Å². The molecule has 0 bridgehead atoms. The van der Waals surface area contributed by atoms with Gasteiger partial charge < -0.3 is 29.9 Å². The molecule has 4 aliphatic carbocycles. The zero-order valence-corrected chi connectivity index (χ0v) is 26.8. The molecule has 1 aliphatic heterocycles. The molecule has 3 saturated carbocycles. The van der Waals surface area contributed by atoms with Gasteiger partial charge in [0.2, 0.25) is 0 Å². The van der Waals surface area contributed by atoms with Crippen molar-refractivity contribution in [1.82, 2.24) is 0 Å². The van der Waals surface area contributed by atoms with Crippen LogP contribution in [0.15, 0.2) is 11.6 Å². The minimum atomic E-state index is -1.40.